The van der Waals surface area contributed by atoms with Gasteiger partial charge >= 0.3 is 0 Å². The van der Waals surface area contributed by atoms with Crippen LogP contribution in [0.3, 0.4) is 0 Å². The third kappa shape index (κ3) is 4.30. The molecular weight excluding hydrogens is 482 g/mol. The number of nitrogens with one attached hydrogen (secondary N) is 1. The van der Waals surface area contributed by atoms with Crippen LogP contribution in [0.2, 0.25) is 0 Å². The Balaban J connectivity index is 1.63. The number of amides is 2. The predicted molar refractivity (Wildman–Crippen MR) is 146 cm³/mol. The van der Waals surface area contributed by atoms with Crippen LogP contribution in [0.4, 0.5) is 0 Å². The van der Waals surface area contributed by atoms with Crippen molar-refractivity contribution in [3.63, 3.8) is 0 Å². The van der Waals surface area contributed by atoms with E-state index in [0.29, 0.717) is 50.8 Å². The topological polar surface area (TPSA) is 84.1 Å². The molecule has 38 heavy (non-hydrogen) atoms. The molecule has 3 aromatic rings. The molecule has 202 valence electrons. The lowest BCUT2D eigenvalue weighted by Gasteiger charge is -2.51. The maximum atomic E-state index is 14.0. The van der Waals surface area contributed by atoms with Gasteiger partial charge in [-0.2, -0.15) is 0 Å². The predicted octanol–water partition coefficient (Wildman–Crippen LogP) is 4.42. The number of hydrogen-bond donors (Lipinski definition) is 1. The molecule has 0 saturated carbocycles. The molecule has 2 aliphatic heterocycles. The summed E-state index contributed by atoms with van der Waals surface area (Å²) < 4.78 is 17.1. The number of aromatic nitrogens is 1. The van der Waals surface area contributed by atoms with E-state index < -0.39 is 5.54 Å². The van der Waals surface area contributed by atoms with Gasteiger partial charge in [0.2, 0.25) is 5.91 Å². The number of hydrogen-bond acceptors (Lipinski definition) is 5. The second kappa shape index (κ2) is 10.7. The minimum absolute atomic E-state index is 0.0493. The third-order valence-corrected chi connectivity index (χ3v) is 7.73. The van der Waals surface area contributed by atoms with Crippen molar-refractivity contribution in [2.24, 2.45) is 0 Å². The highest BCUT2D eigenvalue weighted by Gasteiger charge is 2.56. The molecular formula is C30H37N3O5. The lowest BCUT2D eigenvalue weighted by molar-refractivity contribution is -0.166. The summed E-state index contributed by atoms with van der Waals surface area (Å²) in [5.41, 5.74) is 2.71. The van der Waals surface area contributed by atoms with E-state index in [1.165, 1.54) is 0 Å². The summed E-state index contributed by atoms with van der Waals surface area (Å²) in [6, 6.07) is 14.2. The number of ether oxygens (including phenoxy) is 3. The monoisotopic (exact) mass is 519 g/mol. The molecule has 0 radical (unpaired) electrons. The highest BCUT2D eigenvalue weighted by molar-refractivity contribution is 6.01. The van der Waals surface area contributed by atoms with Gasteiger partial charge in [-0.25, -0.2) is 0 Å². The molecule has 1 saturated heterocycles. The van der Waals surface area contributed by atoms with Crippen LogP contribution in [-0.4, -0.2) is 73.2 Å². The van der Waals surface area contributed by atoms with Crippen molar-refractivity contribution in [1.29, 1.82) is 0 Å². The number of methoxy groups -OCH3 is 1. The van der Waals surface area contributed by atoms with Crippen LogP contribution in [0, 0.1) is 0 Å². The van der Waals surface area contributed by atoms with Gasteiger partial charge < -0.3 is 29.0 Å². The molecule has 2 atom stereocenters. The molecule has 3 heterocycles. The molecule has 1 unspecified atom stereocenters. The molecule has 1 fully saturated rings. The van der Waals surface area contributed by atoms with Gasteiger partial charge in [0.1, 0.15) is 0 Å². The van der Waals surface area contributed by atoms with Gasteiger partial charge in [-0.15, -0.1) is 0 Å². The maximum absolute atomic E-state index is 14.0. The van der Waals surface area contributed by atoms with Crippen LogP contribution in [0.5, 0.6) is 11.5 Å². The fraction of sp³-hybridized carbons (Fsp3) is 0.467. The van der Waals surface area contributed by atoms with Crippen LogP contribution in [0.1, 0.15) is 56.4 Å². The smallest absolute Gasteiger partial charge is 0.254 e. The molecule has 8 heteroatoms. The Bertz CT molecular complexity index is 1330. The van der Waals surface area contributed by atoms with Crippen LogP contribution in [0.15, 0.2) is 42.5 Å². The summed E-state index contributed by atoms with van der Waals surface area (Å²) in [5, 5.41) is 1.06. The van der Waals surface area contributed by atoms with Gasteiger partial charge in [0, 0.05) is 43.6 Å². The first-order valence-corrected chi connectivity index (χ1v) is 13.5. The molecule has 1 aromatic heterocycles. The van der Waals surface area contributed by atoms with E-state index in [9.17, 15) is 9.59 Å². The molecule has 5 rings (SSSR count). The van der Waals surface area contributed by atoms with Crippen molar-refractivity contribution in [1.82, 2.24) is 14.8 Å². The largest absolute Gasteiger partial charge is 0.490 e. The van der Waals surface area contributed by atoms with Crippen molar-refractivity contribution in [2.45, 2.75) is 45.1 Å². The number of fused-ring (bicyclic) bond motifs is 5. The fourth-order valence-corrected chi connectivity index (χ4v) is 5.90. The van der Waals surface area contributed by atoms with Crippen molar-refractivity contribution in [3.8, 4) is 11.5 Å². The molecule has 0 aliphatic carbocycles. The average Bonchev–Trinajstić information content (AvgIpc) is 3.32. The first-order valence-electron chi connectivity index (χ1n) is 13.5. The Morgan fingerprint density at radius 2 is 1.87 bits per heavy atom. The standard InChI is InChI=1S/C30H37N3O5/c1-5-15-38-24-13-12-20(17-25(24)37-6-2)22-18-33-26(34)19-32(14-9-16-36-4)29(35)30(33,3)28-27(22)21-10-7-8-11-23(21)31-28/h7-8,10-13,17,22,31H,5-6,9,14-16,18-19H2,1-4H3/t22?,30-/m0/s1. The number of carbonyl (C=O) groups excluding carboxylic acids is 2. The molecule has 0 spiro atoms. The van der Waals surface area contributed by atoms with Gasteiger partial charge in [0.15, 0.2) is 17.0 Å². The summed E-state index contributed by atoms with van der Waals surface area (Å²) in [6.07, 6.45) is 1.58. The number of aromatic amines is 1. The summed E-state index contributed by atoms with van der Waals surface area (Å²) >= 11 is 0. The number of piperazine rings is 1. The SMILES string of the molecule is CCCOc1ccc(C2CN3C(=O)CN(CCCOC)C(=O)[C@]3(C)c3[nH]c4ccccc4c32)cc1OCC. The highest BCUT2D eigenvalue weighted by Crippen LogP contribution is 2.49. The quantitative estimate of drug-likeness (QED) is 0.401. The second-order valence-electron chi connectivity index (χ2n) is 10.1. The number of para-hydroxylation sites is 1. The van der Waals surface area contributed by atoms with E-state index in [1.54, 1.807) is 16.9 Å². The van der Waals surface area contributed by atoms with Crippen molar-refractivity contribution >= 4 is 22.7 Å². The zero-order valence-corrected chi connectivity index (χ0v) is 22.7. The van der Waals surface area contributed by atoms with Crippen molar-refractivity contribution in [2.75, 3.05) is 46.6 Å². The number of rotatable bonds is 10. The zero-order chi connectivity index (χ0) is 26.9. The van der Waals surface area contributed by atoms with E-state index in [2.05, 4.69) is 24.0 Å². The lowest BCUT2D eigenvalue weighted by Crippen LogP contribution is -2.67. The molecule has 2 amide bonds. The van der Waals surface area contributed by atoms with E-state index in [1.807, 2.05) is 44.2 Å². The van der Waals surface area contributed by atoms with Gasteiger partial charge in [-0.3, -0.25) is 9.59 Å². The Morgan fingerprint density at radius 3 is 2.63 bits per heavy atom. The van der Waals surface area contributed by atoms with Crippen LogP contribution in [0.25, 0.3) is 10.9 Å². The van der Waals surface area contributed by atoms with E-state index in [-0.39, 0.29) is 24.3 Å². The zero-order valence-electron chi connectivity index (χ0n) is 22.7. The van der Waals surface area contributed by atoms with Crippen molar-refractivity contribution < 1.29 is 23.8 Å². The first-order chi connectivity index (χ1) is 18.4. The molecule has 1 N–H and O–H groups in total. The average molecular weight is 520 g/mol. The van der Waals surface area contributed by atoms with Gasteiger partial charge in [-0.05, 0) is 56.0 Å². The Morgan fingerprint density at radius 1 is 1.05 bits per heavy atom. The van der Waals surface area contributed by atoms with Gasteiger partial charge in [0.25, 0.3) is 5.91 Å². The fourth-order valence-electron chi connectivity index (χ4n) is 5.90. The molecule has 8 nitrogen and oxygen atoms in total. The van der Waals surface area contributed by atoms with Crippen LogP contribution >= 0.6 is 0 Å². The highest BCUT2D eigenvalue weighted by atomic mass is 16.5. The van der Waals surface area contributed by atoms with E-state index in [0.717, 1.165) is 34.1 Å². The van der Waals surface area contributed by atoms with Crippen LogP contribution < -0.4 is 9.47 Å². The number of nitrogens with zero attached hydrogens (tertiary/aromatic N) is 2. The summed E-state index contributed by atoms with van der Waals surface area (Å²) in [4.78, 5) is 34.6. The molecule has 0 bridgehead atoms. The number of carbonyl (C=O) groups is 2. The van der Waals surface area contributed by atoms with Gasteiger partial charge in [-0.1, -0.05) is 31.2 Å². The second-order valence-corrected chi connectivity index (χ2v) is 10.1. The maximum Gasteiger partial charge on any atom is 0.254 e. The lowest BCUT2D eigenvalue weighted by atomic mass is 9.76. The van der Waals surface area contributed by atoms with Gasteiger partial charge in [0.05, 0.1) is 25.5 Å². The minimum Gasteiger partial charge on any atom is -0.490 e. The number of H-pyrrole nitrogens is 1. The summed E-state index contributed by atoms with van der Waals surface area (Å²) in [5.74, 6) is 1.17. The Kier molecular flexibility index (Phi) is 7.34. The molecule has 2 aliphatic rings. The normalized spacial score (nSPS) is 21.0. The van der Waals surface area contributed by atoms with Crippen LogP contribution in [-0.2, 0) is 19.9 Å². The summed E-state index contributed by atoms with van der Waals surface area (Å²) in [6.45, 7) is 8.54. The minimum atomic E-state index is -1.11. The molecule has 2 aromatic carbocycles. The van der Waals surface area contributed by atoms with E-state index >= 15 is 0 Å². The Hall–Kier alpha value is -3.52. The first kappa shape index (κ1) is 26.1. The number of benzene rings is 2. The summed E-state index contributed by atoms with van der Waals surface area (Å²) in [7, 11) is 1.64. The Labute approximate surface area is 223 Å². The van der Waals surface area contributed by atoms with E-state index in [4.69, 9.17) is 14.2 Å². The third-order valence-electron chi connectivity index (χ3n) is 7.73. The van der Waals surface area contributed by atoms with Crippen molar-refractivity contribution in [3.05, 3.63) is 59.3 Å².